The van der Waals surface area contributed by atoms with Crippen molar-refractivity contribution in [3.05, 3.63) is 42.1 Å². The average Bonchev–Trinajstić information content (AvgIpc) is 2.87. The molecule has 19 heavy (non-hydrogen) atoms. The molecule has 0 aliphatic carbocycles. The standard InChI is InChI=1S/C14H17N3O2/c1-2-11-10-13(17-16-11)15-14(18)8-9-19-12-6-4-3-5-7-12/h3-7,10H,2,8-9H2,1H3,(H2,15,16,17,18). The quantitative estimate of drug-likeness (QED) is 0.837. The fourth-order valence-corrected chi connectivity index (χ4v) is 1.59. The predicted molar refractivity (Wildman–Crippen MR) is 73.1 cm³/mol. The van der Waals surface area contributed by atoms with Gasteiger partial charge >= 0.3 is 0 Å². The Bertz CT molecular complexity index is 522. The molecule has 0 bridgehead atoms. The molecule has 0 saturated carbocycles. The van der Waals surface area contributed by atoms with Crippen molar-refractivity contribution in [2.24, 2.45) is 0 Å². The summed E-state index contributed by atoms with van der Waals surface area (Å²) in [6.07, 6.45) is 1.16. The first kappa shape index (κ1) is 13.1. The Kier molecular flexibility index (Phi) is 4.55. The van der Waals surface area contributed by atoms with E-state index in [2.05, 4.69) is 15.5 Å². The molecule has 2 aromatic rings. The third-order valence-corrected chi connectivity index (χ3v) is 2.62. The lowest BCUT2D eigenvalue weighted by Gasteiger charge is -2.05. The van der Waals surface area contributed by atoms with Crippen LogP contribution in [0.4, 0.5) is 5.82 Å². The highest BCUT2D eigenvalue weighted by Gasteiger charge is 2.05. The molecule has 1 aromatic carbocycles. The Labute approximate surface area is 112 Å². The number of hydrogen-bond donors (Lipinski definition) is 2. The summed E-state index contributed by atoms with van der Waals surface area (Å²) in [6.45, 7) is 2.37. The van der Waals surface area contributed by atoms with Crippen molar-refractivity contribution in [3.8, 4) is 5.75 Å². The first-order valence-corrected chi connectivity index (χ1v) is 6.30. The molecular formula is C14H17N3O2. The van der Waals surface area contributed by atoms with Crippen molar-refractivity contribution in [1.29, 1.82) is 0 Å². The minimum atomic E-state index is -0.106. The molecule has 0 aliphatic heterocycles. The Hall–Kier alpha value is -2.30. The number of aryl methyl sites for hydroxylation is 1. The Morgan fingerprint density at radius 1 is 1.37 bits per heavy atom. The SMILES string of the molecule is CCc1cc(NC(=O)CCOc2ccccc2)n[nH]1. The van der Waals surface area contributed by atoms with Crippen LogP contribution in [-0.4, -0.2) is 22.7 Å². The normalized spacial score (nSPS) is 10.2. The Morgan fingerprint density at radius 2 is 2.16 bits per heavy atom. The highest BCUT2D eigenvalue weighted by atomic mass is 16.5. The summed E-state index contributed by atoms with van der Waals surface area (Å²) in [4.78, 5) is 11.7. The van der Waals surface area contributed by atoms with E-state index in [9.17, 15) is 4.79 Å². The number of nitrogens with zero attached hydrogens (tertiary/aromatic N) is 1. The Balaban J connectivity index is 1.73. The van der Waals surface area contributed by atoms with Crippen molar-refractivity contribution in [2.75, 3.05) is 11.9 Å². The van der Waals surface area contributed by atoms with Gasteiger partial charge in [0.1, 0.15) is 5.75 Å². The van der Waals surface area contributed by atoms with Gasteiger partial charge in [-0.1, -0.05) is 25.1 Å². The third-order valence-electron chi connectivity index (χ3n) is 2.62. The molecule has 0 radical (unpaired) electrons. The molecule has 100 valence electrons. The van der Waals surface area contributed by atoms with Crippen molar-refractivity contribution in [2.45, 2.75) is 19.8 Å². The van der Waals surface area contributed by atoms with E-state index in [0.717, 1.165) is 17.9 Å². The predicted octanol–water partition coefficient (Wildman–Crippen LogP) is 2.38. The van der Waals surface area contributed by atoms with Gasteiger partial charge in [-0.3, -0.25) is 9.89 Å². The number of carbonyl (C=O) groups excluding carboxylic acids is 1. The van der Waals surface area contributed by atoms with Gasteiger partial charge in [-0.15, -0.1) is 0 Å². The number of hydrogen-bond acceptors (Lipinski definition) is 3. The second-order valence-corrected chi connectivity index (χ2v) is 4.09. The number of anilines is 1. The van der Waals surface area contributed by atoms with Gasteiger partial charge in [0.2, 0.25) is 5.91 Å². The van der Waals surface area contributed by atoms with E-state index in [4.69, 9.17) is 4.74 Å². The van der Waals surface area contributed by atoms with Gasteiger partial charge in [-0.05, 0) is 18.6 Å². The second-order valence-electron chi connectivity index (χ2n) is 4.09. The highest BCUT2D eigenvalue weighted by Crippen LogP contribution is 2.09. The van der Waals surface area contributed by atoms with Gasteiger partial charge < -0.3 is 10.1 Å². The van der Waals surface area contributed by atoms with E-state index in [1.807, 2.05) is 43.3 Å². The molecule has 0 saturated heterocycles. The maximum Gasteiger partial charge on any atom is 0.229 e. The lowest BCUT2D eigenvalue weighted by atomic mass is 10.3. The van der Waals surface area contributed by atoms with Crippen LogP contribution in [0.2, 0.25) is 0 Å². The van der Waals surface area contributed by atoms with E-state index in [1.165, 1.54) is 0 Å². The number of para-hydroxylation sites is 1. The molecule has 1 amide bonds. The van der Waals surface area contributed by atoms with E-state index < -0.39 is 0 Å². The smallest absolute Gasteiger partial charge is 0.229 e. The van der Waals surface area contributed by atoms with Crippen molar-refractivity contribution < 1.29 is 9.53 Å². The molecule has 0 fully saturated rings. The third kappa shape index (κ3) is 4.13. The van der Waals surface area contributed by atoms with Crippen LogP contribution in [0.25, 0.3) is 0 Å². The zero-order valence-corrected chi connectivity index (χ0v) is 10.8. The maximum absolute atomic E-state index is 11.7. The molecule has 0 unspecified atom stereocenters. The topological polar surface area (TPSA) is 67.0 Å². The number of amides is 1. The summed E-state index contributed by atoms with van der Waals surface area (Å²) < 4.78 is 5.45. The van der Waals surface area contributed by atoms with Gasteiger partial charge in [0, 0.05) is 11.8 Å². The number of ether oxygens (including phenoxy) is 1. The van der Waals surface area contributed by atoms with Crippen LogP contribution in [-0.2, 0) is 11.2 Å². The lowest BCUT2D eigenvalue weighted by Crippen LogP contribution is -2.15. The summed E-state index contributed by atoms with van der Waals surface area (Å²) in [6, 6.07) is 11.3. The van der Waals surface area contributed by atoms with Gasteiger partial charge in [0.05, 0.1) is 13.0 Å². The minimum Gasteiger partial charge on any atom is -0.493 e. The number of aromatic nitrogens is 2. The lowest BCUT2D eigenvalue weighted by molar-refractivity contribution is -0.116. The first-order chi connectivity index (χ1) is 9.28. The van der Waals surface area contributed by atoms with Crippen LogP contribution in [0.3, 0.4) is 0 Å². The fraction of sp³-hybridized carbons (Fsp3) is 0.286. The summed E-state index contributed by atoms with van der Waals surface area (Å²) in [7, 11) is 0. The van der Waals surface area contributed by atoms with E-state index in [-0.39, 0.29) is 5.91 Å². The molecule has 1 heterocycles. The molecule has 5 nitrogen and oxygen atoms in total. The van der Waals surface area contributed by atoms with E-state index in [0.29, 0.717) is 18.8 Å². The number of H-pyrrole nitrogens is 1. The van der Waals surface area contributed by atoms with Crippen molar-refractivity contribution >= 4 is 11.7 Å². The van der Waals surface area contributed by atoms with E-state index >= 15 is 0 Å². The second kappa shape index (κ2) is 6.58. The number of nitrogens with one attached hydrogen (secondary N) is 2. The molecule has 5 heteroatoms. The molecule has 0 atom stereocenters. The zero-order valence-electron chi connectivity index (χ0n) is 10.8. The monoisotopic (exact) mass is 259 g/mol. The Morgan fingerprint density at radius 3 is 2.84 bits per heavy atom. The number of carbonyl (C=O) groups is 1. The van der Waals surface area contributed by atoms with Crippen LogP contribution < -0.4 is 10.1 Å². The maximum atomic E-state index is 11.7. The highest BCUT2D eigenvalue weighted by molar-refractivity contribution is 5.89. The molecule has 0 aliphatic rings. The number of rotatable bonds is 6. The largest absolute Gasteiger partial charge is 0.493 e. The van der Waals surface area contributed by atoms with Crippen LogP contribution in [0, 0.1) is 0 Å². The van der Waals surface area contributed by atoms with Gasteiger partial charge in [-0.2, -0.15) is 5.10 Å². The summed E-state index contributed by atoms with van der Waals surface area (Å²) >= 11 is 0. The summed E-state index contributed by atoms with van der Waals surface area (Å²) in [5.74, 6) is 1.22. The summed E-state index contributed by atoms with van der Waals surface area (Å²) in [5.41, 5.74) is 0.996. The van der Waals surface area contributed by atoms with Crippen LogP contribution in [0.5, 0.6) is 5.75 Å². The fourth-order valence-electron chi connectivity index (χ4n) is 1.59. The molecular weight excluding hydrogens is 242 g/mol. The average molecular weight is 259 g/mol. The van der Waals surface area contributed by atoms with Crippen molar-refractivity contribution in [3.63, 3.8) is 0 Å². The molecule has 0 spiro atoms. The first-order valence-electron chi connectivity index (χ1n) is 6.30. The van der Waals surface area contributed by atoms with Crippen LogP contribution in [0.15, 0.2) is 36.4 Å². The van der Waals surface area contributed by atoms with Crippen LogP contribution in [0.1, 0.15) is 19.0 Å². The van der Waals surface area contributed by atoms with Gasteiger partial charge in [-0.25, -0.2) is 0 Å². The van der Waals surface area contributed by atoms with Crippen LogP contribution >= 0.6 is 0 Å². The van der Waals surface area contributed by atoms with Crippen molar-refractivity contribution in [1.82, 2.24) is 10.2 Å². The molecule has 2 rings (SSSR count). The molecule has 2 N–H and O–H groups in total. The minimum absolute atomic E-state index is 0.106. The summed E-state index contributed by atoms with van der Waals surface area (Å²) in [5, 5.41) is 9.56. The van der Waals surface area contributed by atoms with Gasteiger partial charge in [0.15, 0.2) is 5.82 Å². The number of benzene rings is 1. The van der Waals surface area contributed by atoms with E-state index in [1.54, 1.807) is 0 Å². The van der Waals surface area contributed by atoms with Gasteiger partial charge in [0.25, 0.3) is 0 Å². The number of aromatic amines is 1. The molecule has 1 aromatic heterocycles. The zero-order chi connectivity index (χ0) is 13.5.